The van der Waals surface area contributed by atoms with Gasteiger partial charge in [-0.05, 0) is 19.1 Å². The Morgan fingerprint density at radius 2 is 2.10 bits per heavy atom. The van der Waals surface area contributed by atoms with Gasteiger partial charge in [0.25, 0.3) is 0 Å². The third kappa shape index (κ3) is 5.01. The molecule has 0 aliphatic rings. The molecule has 1 rings (SSSR count). The van der Waals surface area contributed by atoms with Crippen molar-refractivity contribution < 1.29 is 22.3 Å². The van der Waals surface area contributed by atoms with Crippen LogP contribution in [-0.2, 0) is 14.6 Å². The van der Waals surface area contributed by atoms with E-state index < -0.39 is 21.6 Å². The molecule has 0 heterocycles. The monoisotopic (exact) mass is 321 g/mol. The Kier molecular flexibility index (Phi) is 5.82. The predicted octanol–water partition coefficient (Wildman–Crippen LogP) is 1.72. The minimum absolute atomic E-state index is 0.00610. The zero-order valence-electron chi connectivity index (χ0n) is 11.2. The number of carbonyl (C=O) groups excluding carboxylic acids is 1. The van der Waals surface area contributed by atoms with Crippen LogP contribution in [0.1, 0.15) is 17.3 Å². The molecule has 1 aromatic rings. The van der Waals surface area contributed by atoms with Crippen LogP contribution in [-0.4, -0.2) is 38.8 Å². The number of nitrogens with two attached hydrogens (primary N) is 1. The van der Waals surface area contributed by atoms with Crippen molar-refractivity contribution in [3.05, 3.63) is 23.5 Å². The third-order valence-electron chi connectivity index (χ3n) is 2.31. The average Bonchev–Trinajstić information content (AvgIpc) is 2.30. The van der Waals surface area contributed by atoms with Gasteiger partial charge in [-0.15, -0.1) is 11.8 Å². The van der Waals surface area contributed by atoms with Crippen molar-refractivity contribution in [2.75, 3.05) is 30.1 Å². The number of carbonyl (C=O) groups is 1. The number of hydrogen-bond acceptors (Lipinski definition) is 6. The van der Waals surface area contributed by atoms with Gasteiger partial charge in [0.2, 0.25) is 0 Å². The number of ether oxygens (including phenoxy) is 1. The number of thioether (sulfide) groups is 1. The lowest BCUT2D eigenvalue weighted by Crippen LogP contribution is -2.09. The Balaban J connectivity index is 2.91. The maximum absolute atomic E-state index is 13.7. The molecule has 8 heteroatoms. The zero-order chi connectivity index (χ0) is 15.3. The van der Waals surface area contributed by atoms with Gasteiger partial charge in [-0.3, -0.25) is 0 Å². The summed E-state index contributed by atoms with van der Waals surface area (Å²) in [5.74, 6) is -1.10. The Bertz CT molecular complexity index is 602. The molecule has 2 N–H and O–H groups in total. The van der Waals surface area contributed by atoms with Crippen LogP contribution in [0.2, 0.25) is 0 Å². The number of esters is 1. The van der Waals surface area contributed by atoms with E-state index >= 15 is 0 Å². The van der Waals surface area contributed by atoms with Crippen LogP contribution in [0.25, 0.3) is 0 Å². The van der Waals surface area contributed by atoms with Crippen LogP contribution in [0.15, 0.2) is 17.0 Å². The molecule has 112 valence electrons. The first-order valence-electron chi connectivity index (χ1n) is 5.81. The van der Waals surface area contributed by atoms with Gasteiger partial charge in [0.1, 0.15) is 15.7 Å². The molecule has 0 atom stereocenters. The van der Waals surface area contributed by atoms with Crippen molar-refractivity contribution in [1.82, 2.24) is 0 Å². The van der Waals surface area contributed by atoms with Gasteiger partial charge < -0.3 is 10.5 Å². The zero-order valence-corrected chi connectivity index (χ0v) is 12.8. The fraction of sp³-hybridized carbons (Fsp3) is 0.417. The summed E-state index contributed by atoms with van der Waals surface area (Å²) >= 11 is 1.01. The van der Waals surface area contributed by atoms with Crippen molar-refractivity contribution in [1.29, 1.82) is 0 Å². The molecule has 0 radical (unpaired) electrons. The summed E-state index contributed by atoms with van der Waals surface area (Å²) in [6, 6.07) is 2.32. The number of rotatable bonds is 6. The molecule has 0 unspecified atom stereocenters. The smallest absolute Gasteiger partial charge is 0.340 e. The molecular formula is C12H16FNO4S2. The molecule has 0 aliphatic carbocycles. The molecular weight excluding hydrogens is 305 g/mol. The summed E-state index contributed by atoms with van der Waals surface area (Å²) in [5.41, 5.74) is 5.65. The largest absolute Gasteiger partial charge is 0.462 e. The summed E-state index contributed by atoms with van der Waals surface area (Å²) in [6.07, 6.45) is 1.11. The fourth-order valence-electron chi connectivity index (χ4n) is 1.37. The highest BCUT2D eigenvalue weighted by molar-refractivity contribution is 8.00. The Morgan fingerprint density at radius 3 is 2.65 bits per heavy atom. The summed E-state index contributed by atoms with van der Waals surface area (Å²) in [6.45, 7) is 1.84. The van der Waals surface area contributed by atoms with Gasteiger partial charge in [0, 0.05) is 22.6 Å². The maximum atomic E-state index is 13.7. The molecule has 0 fully saturated rings. The highest BCUT2D eigenvalue weighted by atomic mass is 32.2. The molecule has 20 heavy (non-hydrogen) atoms. The maximum Gasteiger partial charge on any atom is 0.340 e. The lowest BCUT2D eigenvalue weighted by atomic mass is 10.2. The molecule has 0 spiro atoms. The fourth-order valence-corrected chi connectivity index (χ4v) is 3.53. The van der Waals surface area contributed by atoms with Crippen molar-refractivity contribution in [3.8, 4) is 0 Å². The van der Waals surface area contributed by atoms with Crippen molar-refractivity contribution in [2.45, 2.75) is 11.8 Å². The first-order chi connectivity index (χ1) is 9.24. The van der Waals surface area contributed by atoms with Crippen molar-refractivity contribution >= 4 is 33.3 Å². The second-order valence-corrected chi connectivity index (χ2v) is 7.47. The Labute approximate surface area is 121 Å². The molecule has 0 amide bonds. The molecule has 1 aromatic carbocycles. The van der Waals surface area contributed by atoms with Crippen LogP contribution in [0, 0.1) is 5.82 Å². The third-order valence-corrected chi connectivity index (χ3v) is 4.55. The van der Waals surface area contributed by atoms with E-state index in [4.69, 9.17) is 10.5 Å². The molecule has 0 saturated heterocycles. The number of sulfone groups is 1. The summed E-state index contributed by atoms with van der Waals surface area (Å²) in [5, 5.41) is 0. The molecule has 5 nitrogen and oxygen atoms in total. The van der Waals surface area contributed by atoms with Crippen molar-refractivity contribution in [2.24, 2.45) is 0 Å². The Hall–Kier alpha value is -1.28. The molecule has 0 saturated carbocycles. The molecule has 0 bridgehead atoms. The van der Waals surface area contributed by atoms with Gasteiger partial charge >= 0.3 is 5.97 Å². The van der Waals surface area contributed by atoms with Crippen molar-refractivity contribution in [3.63, 3.8) is 0 Å². The Morgan fingerprint density at radius 1 is 1.45 bits per heavy atom. The number of anilines is 1. The lowest BCUT2D eigenvalue weighted by Gasteiger charge is -2.09. The number of hydrogen-bond donors (Lipinski definition) is 1. The number of halogens is 1. The summed E-state index contributed by atoms with van der Waals surface area (Å²) < 4.78 is 40.6. The van der Waals surface area contributed by atoms with Crippen LogP contribution in [0.4, 0.5) is 10.1 Å². The first-order valence-corrected chi connectivity index (χ1v) is 8.86. The second kappa shape index (κ2) is 6.94. The summed E-state index contributed by atoms with van der Waals surface area (Å²) in [4.78, 5) is 11.8. The van der Waals surface area contributed by atoms with Gasteiger partial charge in [0.15, 0.2) is 0 Å². The number of benzene rings is 1. The van der Waals surface area contributed by atoms with Gasteiger partial charge in [-0.1, -0.05) is 0 Å². The molecule has 0 aromatic heterocycles. The van der Waals surface area contributed by atoms with E-state index in [-0.39, 0.29) is 34.3 Å². The quantitative estimate of drug-likeness (QED) is 0.488. The van der Waals surface area contributed by atoms with Gasteiger partial charge in [-0.25, -0.2) is 17.6 Å². The van der Waals surface area contributed by atoms with Crippen LogP contribution in [0.5, 0.6) is 0 Å². The van der Waals surface area contributed by atoms with E-state index in [0.29, 0.717) is 0 Å². The van der Waals surface area contributed by atoms with E-state index in [1.807, 2.05) is 0 Å². The minimum Gasteiger partial charge on any atom is -0.462 e. The van der Waals surface area contributed by atoms with E-state index in [0.717, 1.165) is 24.1 Å². The highest BCUT2D eigenvalue weighted by Crippen LogP contribution is 2.27. The SMILES string of the molecule is CCOC(=O)c1cc(SCCS(C)(=O)=O)c(F)cc1N. The van der Waals surface area contributed by atoms with Crippen LogP contribution in [0.3, 0.4) is 0 Å². The standard InChI is InChI=1S/C12H16FNO4S2/c1-3-18-12(15)8-6-11(9(13)7-10(8)14)19-4-5-20(2,16)17/h6-7H,3-5,14H2,1-2H3. The van der Waals surface area contributed by atoms with Crippen LogP contribution >= 0.6 is 11.8 Å². The van der Waals surface area contributed by atoms with Crippen LogP contribution < -0.4 is 5.73 Å². The van der Waals surface area contributed by atoms with Gasteiger partial charge in [-0.2, -0.15) is 0 Å². The first kappa shape index (κ1) is 16.8. The average molecular weight is 321 g/mol. The van der Waals surface area contributed by atoms with E-state index in [1.165, 1.54) is 6.07 Å². The topological polar surface area (TPSA) is 86.5 Å². The molecule has 0 aliphatic heterocycles. The lowest BCUT2D eigenvalue weighted by molar-refractivity contribution is 0.0527. The number of nitrogen functional groups attached to an aromatic ring is 1. The van der Waals surface area contributed by atoms with Gasteiger partial charge in [0.05, 0.1) is 17.9 Å². The second-order valence-electron chi connectivity index (χ2n) is 4.07. The predicted molar refractivity (Wildman–Crippen MR) is 77.2 cm³/mol. The van der Waals surface area contributed by atoms with E-state index in [9.17, 15) is 17.6 Å². The van der Waals surface area contributed by atoms with E-state index in [2.05, 4.69) is 0 Å². The minimum atomic E-state index is -3.11. The summed E-state index contributed by atoms with van der Waals surface area (Å²) in [7, 11) is -3.11. The van der Waals surface area contributed by atoms with E-state index in [1.54, 1.807) is 6.92 Å². The highest BCUT2D eigenvalue weighted by Gasteiger charge is 2.16. The normalized spacial score (nSPS) is 11.3.